The molecule has 164 valence electrons. The Balaban J connectivity index is 2.07. The summed E-state index contributed by atoms with van der Waals surface area (Å²) in [6.45, 7) is 9.61. The van der Waals surface area contributed by atoms with Crippen molar-refractivity contribution in [3.8, 4) is 0 Å². The predicted molar refractivity (Wildman–Crippen MR) is 114 cm³/mol. The summed E-state index contributed by atoms with van der Waals surface area (Å²) in [5.41, 5.74) is 0. The lowest BCUT2D eigenvalue weighted by atomic mass is 9.81. The smallest absolute Gasteiger partial charge is 0.308 e. The average molecular weight is 397 g/mol. The summed E-state index contributed by atoms with van der Waals surface area (Å²) in [4.78, 5) is 24.5. The molecule has 0 aromatic heterocycles. The van der Waals surface area contributed by atoms with E-state index in [0.717, 1.165) is 38.0 Å². The number of esters is 2. The van der Waals surface area contributed by atoms with E-state index in [1.807, 2.05) is 13.8 Å². The topological polar surface area (TPSA) is 52.6 Å². The maximum atomic E-state index is 12.3. The van der Waals surface area contributed by atoms with Crippen LogP contribution in [0.1, 0.15) is 105 Å². The van der Waals surface area contributed by atoms with E-state index in [9.17, 15) is 9.59 Å². The maximum absolute atomic E-state index is 12.3. The molecule has 0 N–H and O–H groups in total. The summed E-state index contributed by atoms with van der Waals surface area (Å²) in [5.74, 6) is 0.634. The monoisotopic (exact) mass is 396 g/mol. The third-order valence-corrected chi connectivity index (χ3v) is 5.57. The van der Waals surface area contributed by atoms with Gasteiger partial charge in [0.25, 0.3) is 0 Å². The number of carbonyl (C=O) groups excluding carboxylic acids is 2. The van der Waals surface area contributed by atoms with E-state index >= 15 is 0 Å². The molecule has 4 nitrogen and oxygen atoms in total. The van der Waals surface area contributed by atoms with Crippen molar-refractivity contribution in [3.05, 3.63) is 0 Å². The lowest BCUT2D eigenvalue weighted by Gasteiger charge is -2.26. The van der Waals surface area contributed by atoms with E-state index in [-0.39, 0.29) is 23.8 Å². The Morgan fingerprint density at radius 1 is 0.750 bits per heavy atom. The largest absolute Gasteiger partial charge is 0.465 e. The van der Waals surface area contributed by atoms with Crippen LogP contribution in [0.3, 0.4) is 0 Å². The van der Waals surface area contributed by atoms with Crippen LogP contribution >= 0.6 is 0 Å². The first-order valence-electron chi connectivity index (χ1n) is 11.7. The Morgan fingerprint density at radius 3 is 1.86 bits per heavy atom. The van der Waals surface area contributed by atoms with E-state index in [1.54, 1.807) is 0 Å². The number of hydrogen-bond acceptors (Lipinski definition) is 4. The molecule has 0 aliphatic heterocycles. The average Bonchev–Trinajstić information content (AvgIpc) is 2.67. The lowest BCUT2D eigenvalue weighted by Crippen LogP contribution is -2.30. The Kier molecular flexibility index (Phi) is 13.3. The normalized spacial score (nSPS) is 19.8. The molecule has 0 spiro atoms. The Labute approximate surface area is 173 Å². The first-order valence-corrected chi connectivity index (χ1v) is 11.7. The van der Waals surface area contributed by atoms with Gasteiger partial charge in [-0.05, 0) is 37.5 Å². The van der Waals surface area contributed by atoms with Crippen LogP contribution in [-0.2, 0) is 19.1 Å². The fraction of sp³-hybridized carbons (Fsp3) is 0.917. The van der Waals surface area contributed by atoms with Crippen LogP contribution in [0.5, 0.6) is 0 Å². The highest BCUT2D eigenvalue weighted by atomic mass is 16.5. The van der Waals surface area contributed by atoms with Gasteiger partial charge >= 0.3 is 11.9 Å². The van der Waals surface area contributed by atoms with Crippen molar-refractivity contribution in [1.29, 1.82) is 0 Å². The molecule has 0 amide bonds. The minimum Gasteiger partial charge on any atom is -0.465 e. The lowest BCUT2D eigenvalue weighted by molar-refractivity contribution is -0.155. The van der Waals surface area contributed by atoms with Crippen LogP contribution in [0.4, 0.5) is 0 Å². The molecule has 1 aliphatic carbocycles. The van der Waals surface area contributed by atoms with Crippen molar-refractivity contribution < 1.29 is 19.1 Å². The van der Waals surface area contributed by atoms with Gasteiger partial charge in [0, 0.05) is 0 Å². The van der Waals surface area contributed by atoms with Gasteiger partial charge in [-0.3, -0.25) is 9.59 Å². The first kappa shape index (κ1) is 25.0. The quantitative estimate of drug-likeness (QED) is 0.255. The molecule has 0 heterocycles. The van der Waals surface area contributed by atoms with Crippen molar-refractivity contribution in [3.63, 3.8) is 0 Å². The van der Waals surface area contributed by atoms with E-state index in [4.69, 9.17) is 9.47 Å². The van der Waals surface area contributed by atoms with Crippen molar-refractivity contribution in [2.45, 2.75) is 105 Å². The molecule has 1 saturated carbocycles. The van der Waals surface area contributed by atoms with E-state index in [0.29, 0.717) is 25.6 Å². The molecule has 0 saturated heterocycles. The van der Waals surface area contributed by atoms with Crippen LogP contribution in [0.25, 0.3) is 0 Å². The minimum absolute atomic E-state index is 0.116. The van der Waals surface area contributed by atoms with Gasteiger partial charge in [0.2, 0.25) is 0 Å². The standard InChI is InChI=1S/C24H44O4/c1-19(2)13-10-8-6-5-7-9-11-16-27-23(25)21-14-12-15-22(17-21)24(26)28-18-20(3)4/h19-22H,5-18H2,1-4H3. The molecule has 4 heteroatoms. The molecule has 0 aromatic carbocycles. The molecule has 0 bridgehead atoms. The second-order valence-electron chi connectivity index (χ2n) is 9.41. The SMILES string of the molecule is CC(C)CCCCCCCCCOC(=O)C1CCCC(C(=O)OCC(C)C)C1. The summed E-state index contributed by atoms with van der Waals surface area (Å²) in [6, 6.07) is 0. The summed E-state index contributed by atoms with van der Waals surface area (Å²) < 4.78 is 10.8. The van der Waals surface area contributed by atoms with Crippen LogP contribution in [0, 0.1) is 23.7 Å². The fourth-order valence-electron chi connectivity index (χ4n) is 3.81. The minimum atomic E-state index is -0.139. The van der Waals surface area contributed by atoms with Crippen LogP contribution in [-0.4, -0.2) is 25.2 Å². The fourth-order valence-corrected chi connectivity index (χ4v) is 3.81. The third kappa shape index (κ3) is 11.7. The highest BCUT2D eigenvalue weighted by Gasteiger charge is 2.33. The zero-order valence-electron chi connectivity index (χ0n) is 18.8. The van der Waals surface area contributed by atoms with Gasteiger partial charge in [-0.15, -0.1) is 0 Å². The van der Waals surface area contributed by atoms with Gasteiger partial charge in [0.05, 0.1) is 25.0 Å². The van der Waals surface area contributed by atoms with Crippen LogP contribution in [0.2, 0.25) is 0 Å². The second-order valence-corrected chi connectivity index (χ2v) is 9.41. The summed E-state index contributed by atoms with van der Waals surface area (Å²) in [7, 11) is 0. The van der Waals surface area contributed by atoms with E-state index in [1.165, 1.54) is 38.5 Å². The maximum Gasteiger partial charge on any atom is 0.308 e. The van der Waals surface area contributed by atoms with Gasteiger partial charge in [-0.25, -0.2) is 0 Å². The molecular weight excluding hydrogens is 352 g/mol. The van der Waals surface area contributed by atoms with E-state index in [2.05, 4.69) is 13.8 Å². The van der Waals surface area contributed by atoms with E-state index < -0.39 is 0 Å². The van der Waals surface area contributed by atoms with Gasteiger partial charge < -0.3 is 9.47 Å². The Morgan fingerprint density at radius 2 is 1.29 bits per heavy atom. The predicted octanol–water partition coefficient (Wildman–Crippen LogP) is 6.31. The molecule has 0 radical (unpaired) electrons. The number of hydrogen-bond donors (Lipinski definition) is 0. The highest BCUT2D eigenvalue weighted by molar-refractivity contribution is 5.76. The summed E-state index contributed by atoms with van der Waals surface area (Å²) in [6.07, 6.45) is 13.1. The van der Waals surface area contributed by atoms with Gasteiger partial charge in [0.15, 0.2) is 0 Å². The highest BCUT2D eigenvalue weighted by Crippen LogP contribution is 2.31. The molecule has 2 unspecified atom stereocenters. The molecule has 28 heavy (non-hydrogen) atoms. The number of rotatable bonds is 14. The van der Waals surface area contributed by atoms with Crippen LogP contribution in [0.15, 0.2) is 0 Å². The molecule has 1 fully saturated rings. The molecular formula is C24H44O4. The molecule has 1 rings (SSSR count). The van der Waals surface area contributed by atoms with Gasteiger partial charge in [-0.1, -0.05) is 79.1 Å². The van der Waals surface area contributed by atoms with Crippen molar-refractivity contribution >= 4 is 11.9 Å². The molecule has 1 aliphatic rings. The van der Waals surface area contributed by atoms with Crippen molar-refractivity contribution in [2.24, 2.45) is 23.7 Å². The van der Waals surface area contributed by atoms with Crippen LogP contribution < -0.4 is 0 Å². The zero-order valence-corrected chi connectivity index (χ0v) is 18.8. The Hall–Kier alpha value is -1.06. The summed E-state index contributed by atoms with van der Waals surface area (Å²) in [5, 5.41) is 0. The van der Waals surface area contributed by atoms with Crippen molar-refractivity contribution in [1.82, 2.24) is 0 Å². The number of ether oxygens (including phenoxy) is 2. The third-order valence-electron chi connectivity index (χ3n) is 5.57. The van der Waals surface area contributed by atoms with Gasteiger partial charge in [0.1, 0.15) is 0 Å². The van der Waals surface area contributed by atoms with Crippen molar-refractivity contribution in [2.75, 3.05) is 13.2 Å². The molecule has 2 atom stereocenters. The first-order chi connectivity index (χ1) is 13.4. The zero-order chi connectivity index (χ0) is 20.8. The molecule has 0 aromatic rings. The number of carbonyl (C=O) groups is 2. The Bertz CT molecular complexity index is 430. The second kappa shape index (κ2) is 14.9. The summed E-state index contributed by atoms with van der Waals surface area (Å²) >= 11 is 0. The van der Waals surface area contributed by atoms with Gasteiger partial charge in [-0.2, -0.15) is 0 Å². The number of unbranched alkanes of at least 4 members (excludes halogenated alkanes) is 6.